The van der Waals surface area contributed by atoms with E-state index in [-0.39, 0.29) is 50.0 Å². The number of benzene rings is 5. The number of aliphatic hydroxyl groups excluding tert-OH is 3. The topological polar surface area (TPSA) is 518 Å². The van der Waals surface area contributed by atoms with Crippen LogP contribution in [0.4, 0.5) is 4.39 Å². The molecule has 21 N–H and O–H groups in total. The number of para-hydroxylation sites is 1. The summed E-state index contributed by atoms with van der Waals surface area (Å²) in [6, 6.07) is 18.7. The summed E-state index contributed by atoms with van der Waals surface area (Å²) in [6.07, 6.45) is -5.65. The third kappa shape index (κ3) is 25.7. The van der Waals surface area contributed by atoms with E-state index >= 15 is 19.2 Å². The average Bonchev–Trinajstić information content (AvgIpc) is 1.63. The number of aliphatic carboxylic acids is 1. The van der Waals surface area contributed by atoms with Gasteiger partial charge in [0.1, 0.15) is 66.2 Å². The van der Waals surface area contributed by atoms with Crippen LogP contribution in [-0.4, -0.2) is 205 Å². The van der Waals surface area contributed by atoms with Crippen molar-refractivity contribution in [2.24, 2.45) is 17.2 Å². The third-order valence-electron chi connectivity index (χ3n) is 17.2. The van der Waals surface area contributed by atoms with Crippen LogP contribution in [-0.2, 0) is 88.0 Å². The first kappa shape index (κ1) is 84.4. The number of nitrogens with one attached hydrogen (secondary N) is 11. The minimum absolute atomic E-state index is 0.0873. The Morgan fingerprint density at radius 3 is 1.35 bits per heavy atom. The van der Waals surface area contributed by atoms with Crippen LogP contribution in [0.1, 0.15) is 68.0 Å². The van der Waals surface area contributed by atoms with Crippen molar-refractivity contribution in [1.29, 1.82) is 0 Å². The van der Waals surface area contributed by atoms with Crippen LogP contribution < -0.4 is 75.7 Å². The maximum atomic E-state index is 15.5. The number of primary amides is 1. The smallest absolute Gasteiger partial charge is 0.327 e. The van der Waals surface area contributed by atoms with Gasteiger partial charge in [-0.05, 0) is 91.6 Å². The highest BCUT2D eigenvalue weighted by Gasteiger charge is 2.40. The number of carboxylic acids is 1. The fourth-order valence-corrected chi connectivity index (χ4v) is 13.7. The second kappa shape index (κ2) is 41.9. The largest absolute Gasteiger partial charge is 0.480 e. The van der Waals surface area contributed by atoms with E-state index in [0.29, 0.717) is 34.0 Å². The molecule has 0 bridgehead atoms. The number of hydrogen-bond acceptors (Lipinski definition) is 20. The lowest BCUT2D eigenvalue weighted by atomic mass is 10.0. The maximum Gasteiger partial charge on any atom is 0.327 e. The first-order chi connectivity index (χ1) is 51.6. The van der Waals surface area contributed by atoms with Gasteiger partial charge >= 0.3 is 5.97 Å². The van der Waals surface area contributed by atoms with Crippen LogP contribution >= 0.6 is 21.6 Å². The zero-order chi connectivity index (χ0) is 78.6. The number of aromatic nitrogens is 1. The summed E-state index contributed by atoms with van der Waals surface area (Å²) < 4.78 is 15.9. The number of amides is 12. The quantitative estimate of drug-likeness (QED) is 0.0302. The Labute approximate surface area is 628 Å². The highest BCUT2D eigenvalue weighted by molar-refractivity contribution is 8.76. The van der Waals surface area contributed by atoms with Crippen molar-refractivity contribution in [3.8, 4) is 0 Å². The number of hydrogen-bond donors (Lipinski definition) is 18. The summed E-state index contributed by atoms with van der Waals surface area (Å²) in [5.41, 5.74) is 19.7. The van der Waals surface area contributed by atoms with Crippen molar-refractivity contribution < 1.29 is 87.1 Å². The van der Waals surface area contributed by atoms with E-state index in [9.17, 15) is 68.0 Å². The number of unbranched alkanes of at least 4 members (excludes halogenated alkanes) is 1. The Morgan fingerprint density at radius 2 is 0.870 bits per heavy atom. The SMILES string of the molecule is CC(O)[C@@H]1NC(=O)[C@H](Cc2ccccc2)NC(=O)[C@@H](C(C)O)NC(=O)[C@H](Cc2ccc(F)cc2)NC(=O)[C@H](n2ccc3ccccc32)NC(=O)[C@H](Cc2ccccc2)NC(=O)[C@H](Cc2ccccc2)NC(=O)[C@H](CC(N)=O)NC(=O)[C@H](CCCCN)NC(=O)[C@@H](N)CSSC[C@@H](C(=O)O)NC(=O)[C@H](CO)NC1=O. The summed E-state index contributed by atoms with van der Waals surface area (Å²) in [5.74, 6) is -16.2. The van der Waals surface area contributed by atoms with Gasteiger partial charge in [-0.2, -0.15) is 0 Å². The summed E-state index contributed by atoms with van der Waals surface area (Å²) >= 11 is 0. The van der Waals surface area contributed by atoms with Crippen LogP contribution in [0.3, 0.4) is 0 Å². The van der Waals surface area contributed by atoms with Crippen LogP contribution in [0.15, 0.2) is 152 Å². The van der Waals surface area contributed by atoms with Gasteiger partial charge in [0.25, 0.3) is 5.91 Å². The molecule has 6 aromatic rings. The van der Waals surface area contributed by atoms with E-state index in [1.165, 1.54) is 22.9 Å². The molecule has 5 aromatic carbocycles. The van der Waals surface area contributed by atoms with Gasteiger partial charge in [0.05, 0.1) is 36.8 Å². The first-order valence-corrected chi connectivity index (χ1v) is 37.1. The van der Waals surface area contributed by atoms with Crippen molar-refractivity contribution in [3.63, 3.8) is 0 Å². The van der Waals surface area contributed by atoms with Crippen molar-refractivity contribution in [2.75, 3.05) is 24.7 Å². The molecule has 14 atom stereocenters. The Hall–Kier alpha value is -10.8. The second-order valence-electron chi connectivity index (χ2n) is 25.7. The Kier molecular flexibility index (Phi) is 32.8. The molecule has 0 saturated carbocycles. The van der Waals surface area contributed by atoms with Gasteiger partial charge in [-0.3, -0.25) is 57.5 Å². The molecular formula is C73H90FN15O17S2. The zero-order valence-corrected chi connectivity index (χ0v) is 60.6. The molecule has 578 valence electrons. The molecule has 1 aliphatic heterocycles. The van der Waals surface area contributed by atoms with Crippen LogP contribution in [0.2, 0.25) is 0 Å². The summed E-state index contributed by atoms with van der Waals surface area (Å²) in [4.78, 5) is 186. The van der Waals surface area contributed by atoms with Gasteiger partial charge in [-0.1, -0.05) is 143 Å². The summed E-state index contributed by atoms with van der Waals surface area (Å²) in [5, 5.41) is 70.8. The lowest BCUT2D eigenvalue weighted by Crippen LogP contribution is -2.63. The van der Waals surface area contributed by atoms with Gasteiger partial charge < -0.3 is 101 Å². The number of aliphatic hydroxyl groups is 3. The molecule has 108 heavy (non-hydrogen) atoms. The van der Waals surface area contributed by atoms with Crippen molar-refractivity contribution in [1.82, 2.24) is 63.1 Å². The highest BCUT2D eigenvalue weighted by atomic mass is 33.1. The minimum Gasteiger partial charge on any atom is -0.480 e. The van der Waals surface area contributed by atoms with Crippen LogP contribution in [0.25, 0.3) is 10.9 Å². The van der Waals surface area contributed by atoms with E-state index < -0.39 is 193 Å². The Balaban J connectivity index is 1.31. The molecule has 2 heterocycles. The van der Waals surface area contributed by atoms with Gasteiger partial charge in [0, 0.05) is 43.4 Å². The molecule has 0 radical (unpaired) electrons. The minimum atomic E-state index is -1.98. The summed E-state index contributed by atoms with van der Waals surface area (Å²) in [7, 11) is 1.71. The third-order valence-corrected chi connectivity index (χ3v) is 19.7. The van der Waals surface area contributed by atoms with E-state index in [0.717, 1.165) is 47.6 Å². The molecule has 35 heteroatoms. The van der Waals surface area contributed by atoms with Crippen molar-refractivity contribution in [2.45, 2.75) is 150 Å². The van der Waals surface area contributed by atoms with E-state index in [1.807, 2.05) is 0 Å². The highest BCUT2D eigenvalue weighted by Crippen LogP contribution is 2.24. The van der Waals surface area contributed by atoms with E-state index in [4.69, 9.17) is 17.2 Å². The monoisotopic (exact) mass is 1530 g/mol. The Bertz CT molecular complexity index is 4090. The van der Waals surface area contributed by atoms with Gasteiger partial charge in [-0.15, -0.1) is 0 Å². The number of halogens is 1. The van der Waals surface area contributed by atoms with E-state index in [1.54, 1.807) is 121 Å². The second-order valence-corrected chi connectivity index (χ2v) is 28.2. The number of rotatable bonds is 19. The van der Waals surface area contributed by atoms with Crippen LogP contribution in [0.5, 0.6) is 0 Å². The summed E-state index contributed by atoms with van der Waals surface area (Å²) in [6.45, 7) is 1.22. The molecule has 1 fully saturated rings. The Morgan fingerprint density at radius 1 is 0.472 bits per heavy atom. The molecule has 1 aliphatic rings. The fraction of sp³-hybridized carbons (Fsp3) is 0.384. The van der Waals surface area contributed by atoms with Gasteiger partial charge in [0.2, 0.25) is 65.0 Å². The predicted octanol–water partition coefficient (Wildman–Crippen LogP) is -2.22. The van der Waals surface area contributed by atoms with Gasteiger partial charge in [0.15, 0.2) is 6.17 Å². The number of nitrogens with zero attached hydrogens (tertiary/aromatic N) is 1. The molecule has 0 aliphatic carbocycles. The number of carbonyl (C=O) groups is 13. The number of nitrogens with two attached hydrogens (primary N) is 3. The first-order valence-electron chi connectivity index (χ1n) is 34.6. The van der Waals surface area contributed by atoms with E-state index in [2.05, 4.69) is 58.5 Å². The van der Waals surface area contributed by atoms with Crippen molar-refractivity contribution in [3.05, 3.63) is 180 Å². The standard InChI is InChI=1S/C73H90FN15O17S2/c1-40(91)59-70(102)82-51(33-43-18-8-4-9-19-43)66(98)87-60(41(2)92)71(103)84-55(37-90)69(101)85-56(73(105)106)39-108-107-38-48(76)62(94)78-49(23-14-15-30-75)63(95)81-54(36-58(77)93)65(97)79-50(32-42-16-6-3-7-17-42)64(96)80-53(34-44-20-10-5-11-21-44)68(100)88-61(89-31-29-46-22-12-13-24-57(46)89)72(104)83-52(67(99)86-59)35-45-25-27-47(74)28-26-45/h3-13,16-22,24-29,31,40-41,48-56,59-61,90-92H,14-15,23,30,32-39,75-76H2,1-2H3,(H2,77,93)(H,78,94)(H,79,97)(H,80,96)(H,81,95)(H,82,102)(H,83,104)(H,84,103)(H,85,101)(H,86,99)(H,87,98)(H,88,100)(H,105,106)/t40?,41?,48-,49-,50-,51-,52-,53-,54-,55-,56-,59+,60-,61-/m0/s1. The molecular weight excluding hydrogens is 1440 g/mol. The normalized spacial score (nSPS) is 24.3. The van der Waals surface area contributed by atoms with Crippen molar-refractivity contribution >= 4 is 109 Å². The lowest BCUT2D eigenvalue weighted by Gasteiger charge is -2.30. The molecule has 12 amide bonds. The predicted molar refractivity (Wildman–Crippen MR) is 397 cm³/mol. The molecule has 32 nitrogen and oxygen atoms in total. The van der Waals surface area contributed by atoms with Gasteiger partial charge in [-0.25, -0.2) is 9.18 Å². The fourth-order valence-electron chi connectivity index (χ4n) is 11.4. The molecule has 7 rings (SSSR count). The molecule has 1 aromatic heterocycles. The van der Waals surface area contributed by atoms with Crippen LogP contribution in [0, 0.1) is 5.82 Å². The molecule has 2 unspecified atom stereocenters. The maximum absolute atomic E-state index is 15.5. The molecule has 0 spiro atoms. The average molecular weight is 1530 g/mol. The molecule has 1 saturated heterocycles. The number of carbonyl (C=O) groups excluding carboxylic acids is 12. The number of carboxylic acid groups (broad SMARTS) is 1. The number of fused-ring (bicyclic) bond motifs is 1. The lowest BCUT2D eigenvalue weighted by molar-refractivity contribution is -0.142. The zero-order valence-electron chi connectivity index (χ0n) is 59.0.